The summed E-state index contributed by atoms with van der Waals surface area (Å²) in [5.41, 5.74) is 3.69. The van der Waals surface area contributed by atoms with Crippen LogP contribution in [0.1, 0.15) is 32.3 Å². The van der Waals surface area contributed by atoms with Crippen molar-refractivity contribution in [1.29, 1.82) is 0 Å². The van der Waals surface area contributed by atoms with Crippen molar-refractivity contribution in [1.82, 2.24) is 0 Å². The van der Waals surface area contributed by atoms with Crippen LogP contribution in [0.15, 0.2) is 18.2 Å². The highest BCUT2D eigenvalue weighted by Crippen LogP contribution is 2.33. The molecule has 1 saturated heterocycles. The normalized spacial score (nSPS) is 18.0. The molecule has 1 amide bonds. The monoisotopic (exact) mass is 302 g/mol. The second kappa shape index (κ2) is 6.69. The summed E-state index contributed by atoms with van der Waals surface area (Å²) in [4.78, 5) is 17.0. The topological polar surface area (TPSA) is 32.8 Å². The quantitative estimate of drug-likeness (QED) is 0.857. The number of rotatable bonds is 4. The van der Waals surface area contributed by atoms with Crippen LogP contribution in [0.2, 0.25) is 0 Å². The molecular formula is C18H26N2O2. The minimum atomic E-state index is 0.157. The van der Waals surface area contributed by atoms with Crippen LogP contribution in [0.25, 0.3) is 0 Å². The van der Waals surface area contributed by atoms with E-state index in [0.29, 0.717) is 5.91 Å². The lowest BCUT2D eigenvalue weighted by Gasteiger charge is -2.29. The van der Waals surface area contributed by atoms with Gasteiger partial charge < -0.3 is 14.5 Å². The Hall–Kier alpha value is -1.55. The van der Waals surface area contributed by atoms with Crippen molar-refractivity contribution in [3.63, 3.8) is 0 Å². The fraction of sp³-hybridized carbons (Fsp3) is 0.611. The lowest BCUT2D eigenvalue weighted by Crippen LogP contribution is -2.36. The number of nitrogens with zero attached hydrogens (tertiary/aromatic N) is 2. The van der Waals surface area contributed by atoms with Gasteiger partial charge in [0, 0.05) is 36.9 Å². The zero-order chi connectivity index (χ0) is 15.5. The molecule has 0 atom stereocenters. The molecule has 0 spiro atoms. The van der Waals surface area contributed by atoms with Crippen LogP contribution in [-0.4, -0.2) is 38.8 Å². The van der Waals surface area contributed by atoms with E-state index in [1.54, 1.807) is 0 Å². The summed E-state index contributed by atoms with van der Waals surface area (Å²) >= 11 is 0. The van der Waals surface area contributed by atoms with Gasteiger partial charge in [-0.05, 0) is 43.0 Å². The molecule has 4 nitrogen and oxygen atoms in total. The van der Waals surface area contributed by atoms with Gasteiger partial charge in [0.15, 0.2) is 0 Å². The Morgan fingerprint density at radius 2 is 1.91 bits per heavy atom. The highest BCUT2D eigenvalue weighted by Gasteiger charge is 2.29. The van der Waals surface area contributed by atoms with Gasteiger partial charge in [-0.25, -0.2) is 0 Å². The number of benzene rings is 1. The minimum absolute atomic E-state index is 0.157. The largest absolute Gasteiger partial charge is 0.378 e. The molecule has 0 radical (unpaired) electrons. The van der Waals surface area contributed by atoms with Crippen LogP contribution in [-0.2, 0) is 16.0 Å². The molecule has 2 aliphatic heterocycles. The van der Waals surface area contributed by atoms with E-state index < -0.39 is 0 Å². The summed E-state index contributed by atoms with van der Waals surface area (Å²) in [7, 11) is 0. The number of fused-ring (bicyclic) bond motifs is 1. The Morgan fingerprint density at radius 1 is 1.18 bits per heavy atom. The van der Waals surface area contributed by atoms with Crippen LogP contribution in [0.4, 0.5) is 11.4 Å². The van der Waals surface area contributed by atoms with Gasteiger partial charge in [0.2, 0.25) is 5.91 Å². The number of ether oxygens (including phenoxy) is 1. The van der Waals surface area contributed by atoms with E-state index in [-0.39, 0.29) is 5.92 Å². The van der Waals surface area contributed by atoms with Gasteiger partial charge in [-0.3, -0.25) is 4.79 Å². The summed E-state index contributed by atoms with van der Waals surface area (Å²) in [6.45, 7) is 8.55. The molecule has 3 rings (SSSR count). The van der Waals surface area contributed by atoms with Gasteiger partial charge in [-0.15, -0.1) is 0 Å². The molecule has 0 unspecified atom stereocenters. The number of morpholine rings is 1. The van der Waals surface area contributed by atoms with Crippen molar-refractivity contribution in [3.05, 3.63) is 23.8 Å². The molecule has 0 saturated carbocycles. The first-order valence-corrected chi connectivity index (χ1v) is 8.51. The number of anilines is 2. The molecule has 1 fully saturated rings. The van der Waals surface area contributed by atoms with Gasteiger partial charge in [-0.1, -0.05) is 13.8 Å². The zero-order valence-corrected chi connectivity index (χ0v) is 13.7. The maximum Gasteiger partial charge on any atom is 0.230 e. The molecule has 120 valence electrons. The van der Waals surface area contributed by atoms with Crippen LogP contribution in [0.3, 0.4) is 0 Å². The van der Waals surface area contributed by atoms with Crippen molar-refractivity contribution >= 4 is 17.3 Å². The van der Waals surface area contributed by atoms with E-state index in [9.17, 15) is 4.79 Å². The standard InChI is InChI=1S/C18H26N2O2/c1-3-14(4-2)18(21)20-8-7-15-13-16(5-6-17(15)20)19-9-11-22-12-10-19/h5-6,13-14H,3-4,7-12H2,1-2H3. The molecule has 0 bridgehead atoms. The molecule has 0 aromatic heterocycles. The summed E-state index contributed by atoms with van der Waals surface area (Å²) in [6.07, 6.45) is 2.82. The fourth-order valence-corrected chi connectivity index (χ4v) is 3.49. The average Bonchev–Trinajstić information content (AvgIpc) is 2.99. The molecule has 4 heteroatoms. The highest BCUT2D eigenvalue weighted by atomic mass is 16.5. The van der Waals surface area contributed by atoms with E-state index in [1.807, 2.05) is 4.90 Å². The maximum atomic E-state index is 12.7. The van der Waals surface area contributed by atoms with E-state index >= 15 is 0 Å². The number of hydrogen-bond donors (Lipinski definition) is 0. The Labute approximate surface area is 133 Å². The van der Waals surface area contributed by atoms with Gasteiger partial charge in [-0.2, -0.15) is 0 Å². The SMILES string of the molecule is CCC(CC)C(=O)N1CCc2cc(N3CCOCC3)ccc21. The van der Waals surface area contributed by atoms with Crippen LogP contribution < -0.4 is 9.80 Å². The highest BCUT2D eigenvalue weighted by molar-refractivity contribution is 5.97. The van der Waals surface area contributed by atoms with Crippen LogP contribution in [0, 0.1) is 5.92 Å². The van der Waals surface area contributed by atoms with Crippen molar-refractivity contribution in [3.8, 4) is 0 Å². The van der Waals surface area contributed by atoms with Crippen LogP contribution >= 0.6 is 0 Å². The molecule has 2 heterocycles. The number of carbonyl (C=O) groups is 1. The minimum Gasteiger partial charge on any atom is -0.378 e. The second-order valence-electron chi connectivity index (χ2n) is 6.17. The predicted octanol–water partition coefficient (Wildman–Crippen LogP) is 2.85. The molecular weight excluding hydrogens is 276 g/mol. The molecule has 2 aliphatic rings. The third-order valence-electron chi connectivity index (χ3n) is 4.94. The molecule has 22 heavy (non-hydrogen) atoms. The van der Waals surface area contributed by atoms with Gasteiger partial charge >= 0.3 is 0 Å². The zero-order valence-electron chi connectivity index (χ0n) is 13.7. The molecule has 1 aromatic carbocycles. The Bertz CT molecular complexity index is 534. The number of hydrogen-bond acceptors (Lipinski definition) is 3. The maximum absolute atomic E-state index is 12.7. The summed E-state index contributed by atoms with van der Waals surface area (Å²) in [5, 5.41) is 0. The molecule has 1 aromatic rings. The van der Waals surface area contributed by atoms with E-state index in [2.05, 4.69) is 36.9 Å². The lowest BCUT2D eigenvalue weighted by atomic mass is 10.0. The van der Waals surface area contributed by atoms with E-state index in [0.717, 1.165) is 57.8 Å². The van der Waals surface area contributed by atoms with Crippen LogP contribution in [0.5, 0.6) is 0 Å². The Kier molecular flexibility index (Phi) is 4.67. The summed E-state index contributed by atoms with van der Waals surface area (Å²) in [5.74, 6) is 0.452. The number of amides is 1. The second-order valence-corrected chi connectivity index (χ2v) is 6.17. The van der Waals surface area contributed by atoms with Gasteiger partial charge in [0.25, 0.3) is 0 Å². The summed E-state index contributed by atoms with van der Waals surface area (Å²) in [6, 6.07) is 6.55. The van der Waals surface area contributed by atoms with Gasteiger partial charge in [0.1, 0.15) is 0 Å². The third kappa shape index (κ3) is 2.84. The smallest absolute Gasteiger partial charge is 0.230 e. The lowest BCUT2D eigenvalue weighted by molar-refractivity contribution is -0.122. The Morgan fingerprint density at radius 3 is 2.59 bits per heavy atom. The first-order valence-electron chi connectivity index (χ1n) is 8.51. The first-order chi connectivity index (χ1) is 10.7. The van der Waals surface area contributed by atoms with Crippen molar-refractivity contribution in [2.24, 2.45) is 5.92 Å². The first kappa shape index (κ1) is 15.3. The van der Waals surface area contributed by atoms with E-state index in [4.69, 9.17) is 4.74 Å². The van der Waals surface area contributed by atoms with Crippen molar-refractivity contribution in [2.75, 3.05) is 42.6 Å². The number of carbonyl (C=O) groups excluding carboxylic acids is 1. The summed E-state index contributed by atoms with van der Waals surface area (Å²) < 4.78 is 5.42. The predicted molar refractivity (Wildman–Crippen MR) is 89.6 cm³/mol. The molecule has 0 N–H and O–H groups in total. The average molecular weight is 302 g/mol. The third-order valence-corrected chi connectivity index (χ3v) is 4.94. The fourth-order valence-electron chi connectivity index (χ4n) is 3.49. The van der Waals surface area contributed by atoms with Crippen molar-refractivity contribution in [2.45, 2.75) is 33.1 Å². The van der Waals surface area contributed by atoms with Crippen molar-refractivity contribution < 1.29 is 9.53 Å². The van der Waals surface area contributed by atoms with Gasteiger partial charge in [0.05, 0.1) is 13.2 Å². The Balaban J connectivity index is 1.79. The van der Waals surface area contributed by atoms with E-state index in [1.165, 1.54) is 11.3 Å². The molecule has 0 aliphatic carbocycles.